The molecule has 3 nitrogen and oxygen atoms in total. The molecule has 120 valence electrons. The number of amides is 1. The molecule has 2 heterocycles. The van der Waals surface area contributed by atoms with Crippen LogP contribution in [0.2, 0.25) is 0 Å². The van der Waals surface area contributed by atoms with Crippen LogP contribution in [-0.4, -0.2) is 40.4 Å². The molecule has 0 radical (unpaired) electrons. The fourth-order valence-corrected chi connectivity index (χ4v) is 3.51. The zero-order chi connectivity index (χ0) is 16.1. The van der Waals surface area contributed by atoms with E-state index >= 15 is 0 Å². The molecule has 1 aliphatic heterocycles. The van der Waals surface area contributed by atoms with Crippen LogP contribution in [0, 0.1) is 5.82 Å². The second-order valence-corrected chi connectivity index (χ2v) is 6.67. The first-order valence-corrected chi connectivity index (χ1v) is 8.95. The lowest BCUT2D eigenvalue weighted by molar-refractivity contribution is -0.128. The Hall–Kier alpha value is -1.88. The number of rotatable bonds is 5. The van der Waals surface area contributed by atoms with Crippen molar-refractivity contribution in [1.29, 1.82) is 0 Å². The molecule has 1 aromatic heterocycles. The quantitative estimate of drug-likeness (QED) is 0.842. The Morgan fingerprint density at radius 2 is 2.09 bits per heavy atom. The van der Waals surface area contributed by atoms with Crippen molar-refractivity contribution in [2.24, 2.45) is 0 Å². The van der Waals surface area contributed by atoms with Crippen LogP contribution in [0.15, 0.2) is 42.6 Å². The van der Waals surface area contributed by atoms with E-state index in [1.54, 1.807) is 30.1 Å². The maximum Gasteiger partial charge on any atom is 0.232 e. The van der Waals surface area contributed by atoms with Gasteiger partial charge in [0.15, 0.2) is 0 Å². The molecule has 1 amide bonds. The molecule has 1 fully saturated rings. The van der Waals surface area contributed by atoms with Gasteiger partial charge in [0.1, 0.15) is 5.82 Å². The van der Waals surface area contributed by atoms with Crippen molar-refractivity contribution >= 4 is 17.7 Å². The van der Waals surface area contributed by atoms with Gasteiger partial charge in [0.05, 0.1) is 11.4 Å². The highest BCUT2D eigenvalue weighted by atomic mass is 32.2. The van der Waals surface area contributed by atoms with Crippen molar-refractivity contribution in [2.45, 2.75) is 12.8 Å². The second kappa shape index (κ2) is 7.59. The van der Waals surface area contributed by atoms with Gasteiger partial charge in [-0.3, -0.25) is 9.78 Å². The van der Waals surface area contributed by atoms with Crippen LogP contribution in [0.25, 0.3) is 11.3 Å². The van der Waals surface area contributed by atoms with Crippen LogP contribution >= 0.6 is 11.8 Å². The first kappa shape index (κ1) is 16.0. The maximum absolute atomic E-state index is 13.7. The predicted octanol–water partition coefficient (Wildman–Crippen LogP) is 3.40. The minimum atomic E-state index is -0.255. The van der Waals surface area contributed by atoms with E-state index in [0.717, 1.165) is 37.2 Å². The number of aromatic nitrogens is 1. The summed E-state index contributed by atoms with van der Waals surface area (Å²) >= 11 is 1.71. The molecule has 0 spiro atoms. The topological polar surface area (TPSA) is 33.2 Å². The molecule has 0 saturated carbocycles. The Bertz CT molecular complexity index is 675. The predicted molar refractivity (Wildman–Crippen MR) is 91.9 cm³/mol. The van der Waals surface area contributed by atoms with E-state index in [4.69, 9.17) is 0 Å². The summed E-state index contributed by atoms with van der Waals surface area (Å²) in [5, 5.41) is 0. The molecule has 3 rings (SSSR count). The lowest BCUT2D eigenvalue weighted by Gasteiger charge is -2.26. The Labute approximate surface area is 139 Å². The van der Waals surface area contributed by atoms with Gasteiger partial charge in [-0.15, -0.1) is 0 Å². The van der Waals surface area contributed by atoms with Gasteiger partial charge in [-0.2, -0.15) is 11.8 Å². The summed E-state index contributed by atoms with van der Waals surface area (Å²) in [6.45, 7) is 1.66. The Morgan fingerprint density at radius 1 is 1.22 bits per heavy atom. The maximum atomic E-state index is 13.7. The zero-order valence-electron chi connectivity index (χ0n) is 12.9. The van der Waals surface area contributed by atoms with E-state index in [2.05, 4.69) is 4.98 Å². The number of benzene rings is 1. The van der Waals surface area contributed by atoms with Gasteiger partial charge in [0, 0.05) is 30.6 Å². The number of aryl methyl sites for hydroxylation is 1. The summed E-state index contributed by atoms with van der Waals surface area (Å²) in [6, 6.07) is 10.5. The smallest absolute Gasteiger partial charge is 0.232 e. The number of hydrogen-bond acceptors (Lipinski definition) is 3. The van der Waals surface area contributed by atoms with Crippen molar-refractivity contribution in [3.63, 3.8) is 0 Å². The van der Waals surface area contributed by atoms with Crippen molar-refractivity contribution in [1.82, 2.24) is 9.88 Å². The molecule has 0 aliphatic carbocycles. The second-order valence-electron chi connectivity index (χ2n) is 5.57. The van der Waals surface area contributed by atoms with Gasteiger partial charge in [-0.1, -0.05) is 18.2 Å². The van der Waals surface area contributed by atoms with E-state index < -0.39 is 0 Å². The normalized spacial score (nSPS) is 15.0. The van der Waals surface area contributed by atoms with Crippen molar-refractivity contribution in [2.75, 3.05) is 24.6 Å². The van der Waals surface area contributed by atoms with Crippen molar-refractivity contribution in [3.8, 4) is 11.3 Å². The Kier molecular flexibility index (Phi) is 5.28. The molecule has 23 heavy (non-hydrogen) atoms. The molecule has 1 saturated heterocycles. The highest BCUT2D eigenvalue weighted by molar-refractivity contribution is 8.00. The Balaban J connectivity index is 1.56. The summed E-state index contributed by atoms with van der Waals surface area (Å²) in [6.07, 6.45) is 3.61. The molecule has 0 atom stereocenters. The number of carbonyl (C=O) groups excluding carboxylic acids is 1. The van der Waals surface area contributed by atoms with Gasteiger partial charge in [0.2, 0.25) is 5.91 Å². The highest BCUT2D eigenvalue weighted by Crippen LogP contribution is 2.20. The first-order chi connectivity index (χ1) is 11.2. The van der Waals surface area contributed by atoms with Crippen LogP contribution in [-0.2, 0) is 11.2 Å². The van der Waals surface area contributed by atoms with E-state index in [-0.39, 0.29) is 11.7 Å². The number of hydrogen-bond donors (Lipinski definition) is 0. The molecule has 0 bridgehead atoms. The van der Waals surface area contributed by atoms with E-state index in [0.29, 0.717) is 17.0 Å². The van der Waals surface area contributed by atoms with Gasteiger partial charge in [0.25, 0.3) is 0 Å². The van der Waals surface area contributed by atoms with Crippen LogP contribution in [0.5, 0.6) is 0 Å². The fourth-order valence-electron chi connectivity index (χ4n) is 2.66. The summed E-state index contributed by atoms with van der Waals surface area (Å²) in [5.41, 5.74) is 2.29. The minimum absolute atomic E-state index is 0.245. The average Bonchev–Trinajstić information content (AvgIpc) is 2.58. The lowest BCUT2D eigenvalue weighted by Crippen LogP contribution is -2.38. The molecule has 1 aliphatic rings. The van der Waals surface area contributed by atoms with E-state index in [1.165, 1.54) is 6.07 Å². The largest absolute Gasteiger partial charge is 0.341 e. The van der Waals surface area contributed by atoms with Crippen LogP contribution in [0.3, 0.4) is 0 Å². The van der Waals surface area contributed by atoms with E-state index in [1.807, 2.05) is 23.1 Å². The number of carbonyl (C=O) groups is 1. The minimum Gasteiger partial charge on any atom is -0.341 e. The third-order valence-electron chi connectivity index (χ3n) is 3.95. The molecule has 1 aromatic carbocycles. The number of thioether (sulfide) groups is 1. The fraction of sp³-hybridized carbons (Fsp3) is 0.333. The van der Waals surface area contributed by atoms with Gasteiger partial charge in [-0.25, -0.2) is 4.39 Å². The monoisotopic (exact) mass is 330 g/mol. The molecule has 2 aromatic rings. The Morgan fingerprint density at radius 3 is 2.83 bits per heavy atom. The summed E-state index contributed by atoms with van der Waals surface area (Å²) < 4.78 is 13.7. The molecular formula is C18H19FN2OS. The van der Waals surface area contributed by atoms with Crippen molar-refractivity contribution in [3.05, 3.63) is 54.0 Å². The molecule has 0 unspecified atom stereocenters. The summed E-state index contributed by atoms with van der Waals surface area (Å²) in [5.74, 6) is 1.63. The third kappa shape index (κ3) is 4.10. The van der Waals surface area contributed by atoms with Crippen LogP contribution in [0.1, 0.15) is 12.0 Å². The SMILES string of the molecule is O=C1CSCCN1CCCc1ccc(-c2ccccc2F)nc1. The number of nitrogens with zero attached hydrogens (tertiary/aromatic N) is 2. The molecule has 0 N–H and O–H groups in total. The third-order valence-corrected chi connectivity index (χ3v) is 4.87. The number of halogens is 1. The summed E-state index contributed by atoms with van der Waals surface area (Å²) in [7, 11) is 0. The average molecular weight is 330 g/mol. The first-order valence-electron chi connectivity index (χ1n) is 7.79. The molecular weight excluding hydrogens is 311 g/mol. The van der Waals surface area contributed by atoms with Gasteiger partial charge < -0.3 is 4.90 Å². The number of pyridine rings is 1. The van der Waals surface area contributed by atoms with Crippen molar-refractivity contribution < 1.29 is 9.18 Å². The highest BCUT2D eigenvalue weighted by Gasteiger charge is 2.17. The summed E-state index contributed by atoms with van der Waals surface area (Å²) in [4.78, 5) is 18.0. The lowest BCUT2D eigenvalue weighted by atomic mass is 10.1. The zero-order valence-corrected chi connectivity index (χ0v) is 13.7. The standard InChI is InChI=1S/C18H19FN2OS/c19-16-6-2-1-5-15(16)17-8-7-14(12-20-17)4-3-9-21-10-11-23-13-18(21)22/h1-2,5-8,12H,3-4,9-11,13H2. The van der Waals surface area contributed by atoms with E-state index in [9.17, 15) is 9.18 Å². The van der Waals surface area contributed by atoms with Crippen LogP contribution in [0.4, 0.5) is 4.39 Å². The van der Waals surface area contributed by atoms with Gasteiger partial charge >= 0.3 is 0 Å². The van der Waals surface area contributed by atoms with Gasteiger partial charge in [-0.05, 0) is 36.6 Å². The molecule has 5 heteroatoms. The van der Waals surface area contributed by atoms with Crippen LogP contribution < -0.4 is 0 Å².